The molecule has 0 radical (unpaired) electrons. The molecule has 1 fully saturated rings. The Morgan fingerprint density at radius 2 is 2.00 bits per heavy atom. The second kappa shape index (κ2) is 4.84. The first kappa shape index (κ1) is 12.0. The molecular weight excluding hydrogens is 216 g/mol. The quantitative estimate of drug-likeness (QED) is 0.742. The van der Waals surface area contributed by atoms with Crippen molar-refractivity contribution in [3.05, 3.63) is 29.6 Å². The zero-order valence-corrected chi connectivity index (χ0v) is 10.5. The first-order valence-corrected chi connectivity index (χ1v) is 5.93. The molecule has 4 heteroatoms. The summed E-state index contributed by atoms with van der Waals surface area (Å²) in [5.41, 5.74) is 1.57. The molecule has 0 spiro atoms. The highest BCUT2D eigenvalue weighted by atomic mass is 16.5. The van der Waals surface area contributed by atoms with Crippen molar-refractivity contribution in [1.29, 1.82) is 0 Å². The molecule has 0 aliphatic carbocycles. The summed E-state index contributed by atoms with van der Waals surface area (Å²) >= 11 is 0. The lowest BCUT2D eigenvalue weighted by molar-refractivity contribution is -0.0586. The molecule has 0 saturated carbocycles. The van der Waals surface area contributed by atoms with Crippen LogP contribution in [-0.2, 0) is 4.74 Å². The summed E-state index contributed by atoms with van der Waals surface area (Å²) in [5, 5.41) is 0. The summed E-state index contributed by atoms with van der Waals surface area (Å²) in [5.74, 6) is 0.0412. The number of aromatic nitrogens is 1. The van der Waals surface area contributed by atoms with Crippen molar-refractivity contribution in [2.75, 3.05) is 13.1 Å². The molecule has 1 aromatic heterocycles. The first-order chi connectivity index (χ1) is 8.06. The average Bonchev–Trinajstić information content (AvgIpc) is 2.28. The number of amides is 1. The molecule has 2 unspecified atom stereocenters. The van der Waals surface area contributed by atoms with E-state index in [0.717, 1.165) is 5.69 Å². The van der Waals surface area contributed by atoms with E-state index in [-0.39, 0.29) is 18.1 Å². The van der Waals surface area contributed by atoms with Gasteiger partial charge in [-0.15, -0.1) is 0 Å². The van der Waals surface area contributed by atoms with Crippen molar-refractivity contribution in [2.45, 2.75) is 33.0 Å². The standard InChI is InChI=1S/C13H18N2O2/c1-9-4-5-12(6-14-9)13(16)15-7-10(2)17-11(3)8-15/h4-6,10-11H,7-8H2,1-3H3. The maximum atomic E-state index is 12.2. The molecule has 1 saturated heterocycles. The Morgan fingerprint density at radius 1 is 1.35 bits per heavy atom. The highest BCUT2D eigenvalue weighted by molar-refractivity contribution is 5.94. The van der Waals surface area contributed by atoms with E-state index in [9.17, 15) is 4.79 Å². The normalized spacial score (nSPS) is 24.8. The molecule has 1 amide bonds. The number of rotatable bonds is 1. The Bertz CT molecular complexity index is 392. The lowest BCUT2D eigenvalue weighted by Gasteiger charge is -2.35. The molecule has 0 bridgehead atoms. The van der Waals surface area contributed by atoms with Crippen molar-refractivity contribution in [1.82, 2.24) is 9.88 Å². The summed E-state index contributed by atoms with van der Waals surface area (Å²) in [6.07, 6.45) is 1.84. The summed E-state index contributed by atoms with van der Waals surface area (Å²) in [6, 6.07) is 3.69. The van der Waals surface area contributed by atoms with Crippen LogP contribution in [-0.4, -0.2) is 41.1 Å². The van der Waals surface area contributed by atoms with Crippen LogP contribution in [0.15, 0.2) is 18.3 Å². The van der Waals surface area contributed by atoms with Gasteiger partial charge in [0.2, 0.25) is 0 Å². The Kier molecular flexibility index (Phi) is 3.43. The summed E-state index contributed by atoms with van der Waals surface area (Å²) in [7, 11) is 0. The number of pyridine rings is 1. The van der Waals surface area contributed by atoms with Gasteiger partial charge < -0.3 is 9.64 Å². The fourth-order valence-corrected chi connectivity index (χ4v) is 2.12. The van der Waals surface area contributed by atoms with Crippen LogP contribution in [0, 0.1) is 6.92 Å². The van der Waals surface area contributed by atoms with Crippen LogP contribution in [0.4, 0.5) is 0 Å². The fraction of sp³-hybridized carbons (Fsp3) is 0.538. The van der Waals surface area contributed by atoms with Gasteiger partial charge in [0.25, 0.3) is 5.91 Å². The van der Waals surface area contributed by atoms with E-state index in [0.29, 0.717) is 18.7 Å². The maximum Gasteiger partial charge on any atom is 0.255 e. The molecule has 1 aliphatic rings. The summed E-state index contributed by atoms with van der Waals surface area (Å²) in [6.45, 7) is 7.19. The largest absolute Gasteiger partial charge is 0.372 e. The Labute approximate surface area is 102 Å². The van der Waals surface area contributed by atoms with Crippen LogP contribution in [0.3, 0.4) is 0 Å². The van der Waals surface area contributed by atoms with Crippen molar-refractivity contribution in [2.24, 2.45) is 0 Å². The number of carbonyl (C=O) groups is 1. The second-order valence-electron chi connectivity index (χ2n) is 4.66. The monoisotopic (exact) mass is 234 g/mol. The van der Waals surface area contributed by atoms with Crippen molar-refractivity contribution in [3.63, 3.8) is 0 Å². The van der Waals surface area contributed by atoms with Gasteiger partial charge in [0.1, 0.15) is 0 Å². The predicted octanol–water partition coefficient (Wildman–Crippen LogP) is 1.64. The van der Waals surface area contributed by atoms with Gasteiger partial charge >= 0.3 is 0 Å². The zero-order chi connectivity index (χ0) is 12.4. The Hall–Kier alpha value is -1.42. The van der Waals surface area contributed by atoms with Gasteiger partial charge in [0.05, 0.1) is 17.8 Å². The predicted molar refractivity (Wildman–Crippen MR) is 64.9 cm³/mol. The fourth-order valence-electron chi connectivity index (χ4n) is 2.12. The molecule has 17 heavy (non-hydrogen) atoms. The van der Waals surface area contributed by atoms with Crippen LogP contribution in [0.5, 0.6) is 0 Å². The zero-order valence-electron chi connectivity index (χ0n) is 10.5. The SMILES string of the molecule is Cc1ccc(C(=O)N2CC(C)OC(C)C2)cn1. The number of aryl methyl sites for hydroxylation is 1. The highest BCUT2D eigenvalue weighted by Gasteiger charge is 2.26. The number of nitrogens with zero attached hydrogens (tertiary/aromatic N) is 2. The molecule has 0 aromatic carbocycles. The van der Waals surface area contributed by atoms with E-state index in [1.165, 1.54) is 0 Å². The molecule has 1 aliphatic heterocycles. The van der Waals surface area contributed by atoms with Gasteiger partial charge in [-0.2, -0.15) is 0 Å². The minimum Gasteiger partial charge on any atom is -0.372 e. The third-order valence-electron chi connectivity index (χ3n) is 2.87. The van der Waals surface area contributed by atoms with E-state index in [4.69, 9.17) is 4.74 Å². The van der Waals surface area contributed by atoms with Crippen molar-refractivity contribution >= 4 is 5.91 Å². The van der Waals surface area contributed by atoms with Crippen molar-refractivity contribution < 1.29 is 9.53 Å². The topological polar surface area (TPSA) is 42.4 Å². The van der Waals surface area contributed by atoms with E-state index >= 15 is 0 Å². The number of ether oxygens (including phenoxy) is 1. The van der Waals surface area contributed by atoms with Gasteiger partial charge in [0, 0.05) is 25.0 Å². The van der Waals surface area contributed by atoms with Crippen LogP contribution >= 0.6 is 0 Å². The van der Waals surface area contributed by atoms with E-state index in [1.807, 2.05) is 37.8 Å². The first-order valence-electron chi connectivity index (χ1n) is 5.93. The Morgan fingerprint density at radius 3 is 2.53 bits per heavy atom. The van der Waals surface area contributed by atoms with Crippen molar-refractivity contribution in [3.8, 4) is 0 Å². The number of hydrogen-bond acceptors (Lipinski definition) is 3. The third-order valence-corrected chi connectivity index (χ3v) is 2.87. The maximum absolute atomic E-state index is 12.2. The van der Waals surface area contributed by atoms with Crippen LogP contribution in [0.2, 0.25) is 0 Å². The lowest BCUT2D eigenvalue weighted by atomic mass is 10.2. The van der Waals surface area contributed by atoms with Crippen LogP contribution < -0.4 is 0 Å². The average molecular weight is 234 g/mol. The van der Waals surface area contributed by atoms with Gasteiger partial charge in [-0.3, -0.25) is 9.78 Å². The molecule has 1 aromatic rings. The van der Waals surface area contributed by atoms with Gasteiger partial charge in [-0.1, -0.05) is 0 Å². The number of carbonyl (C=O) groups excluding carboxylic acids is 1. The summed E-state index contributed by atoms with van der Waals surface area (Å²) in [4.78, 5) is 18.2. The van der Waals surface area contributed by atoms with Gasteiger partial charge in [-0.25, -0.2) is 0 Å². The molecule has 2 rings (SSSR count). The number of morpholine rings is 1. The van der Waals surface area contributed by atoms with Gasteiger partial charge in [-0.05, 0) is 32.9 Å². The molecular formula is C13H18N2O2. The second-order valence-corrected chi connectivity index (χ2v) is 4.66. The number of hydrogen-bond donors (Lipinski definition) is 0. The molecule has 0 N–H and O–H groups in total. The van der Waals surface area contributed by atoms with Crippen LogP contribution in [0.25, 0.3) is 0 Å². The molecule has 92 valence electrons. The minimum atomic E-state index is 0.0412. The highest BCUT2D eigenvalue weighted by Crippen LogP contribution is 2.14. The molecule has 2 heterocycles. The minimum absolute atomic E-state index is 0.0412. The smallest absolute Gasteiger partial charge is 0.255 e. The summed E-state index contributed by atoms with van der Waals surface area (Å²) < 4.78 is 5.61. The van der Waals surface area contributed by atoms with Crippen LogP contribution in [0.1, 0.15) is 29.9 Å². The lowest BCUT2D eigenvalue weighted by Crippen LogP contribution is -2.48. The van der Waals surface area contributed by atoms with E-state index in [2.05, 4.69) is 4.98 Å². The molecule has 4 nitrogen and oxygen atoms in total. The molecule has 2 atom stereocenters. The third kappa shape index (κ3) is 2.82. The van der Waals surface area contributed by atoms with Gasteiger partial charge in [0.15, 0.2) is 0 Å². The van der Waals surface area contributed by atoms with E-state index < -0.39 is 0 Å². The Balaban J connectivity index is 2.11. The van der Waals surface area contributed by atoms with E-state index in [1.54, 1.807) is 6.20 Å².